The molecule has 0 atom stereocenters. The van der Waals surface area contributed by atoms with Crippen molar-refractivity contribution < 1.29 is 17.9 Å². The molecular weight excluding hydrogens is 310 g/mol. The van der Waals surface area contributed by atoms with E-state index in [1.54, 1.807) is 12.1 Å². The van der Waals surface area contributed by atoms with Crippen molar-refractivity contribution >= 4 is 31.9 Å². The molecule has 0 amide bonds. The van der Waals surface area contributed by atoms with Crippen molar-refractivity contribution in [3.63, 3.8) is 0 Å². The second-order valence-electron chi connectivity index (χ2n) is 3.33. The van der Waals surface area contributed by atoms with Crippen LogP contribution in [0, 0.1) is 6.92 Å². The van der Waals surface area contributed by atoms with E-state index < -0.39 is 16.0 Å². The number of aryl methyl sites for hydroxylation is 1. The summed E-state index contributed by atoms with van der Waals surface area (Å²) in [5, 5.41) is 0. The lowest BCUT2D eigenvalue weighted by atomic mass is 10.2. The molecule has 17 heavy (non-hydrogen) atoms. The first-order valence-electron chi connectivity index (χ1n) is 4.69. The first-order chi connectivity index (χ1) is 7.86. The molecule has 0 fully saturated rings. The van der Waals surface area contributed by atoms with Gasteiger partial charge < -0.3 is 4.74 Å². The normalized spacial score (nSPS) is 11.2. The lowest BCUT2D eigenvalue weighted by molar-refractivity contribution is -0.139. The molecule has 5 nitrogen and oxygen atoms in total. The minimum atomic E-state index is -3.71. The summed E-state index contributed by atoms with van der Waals surface area (Å²) >= 11 is 3.17. The van der Waals surface area contributed by atoms with Gasteiger partial charge in [-0.05, 0) is 40.5 Å². The van der Waals surface area contributed by atoms with Gasteiger partial charge in [-0.3, -0.25) is 4.79 Å². The molecule has 0 unspecified atom stereocenters. The van der Waals surface area contributed by atoms with Crippen LogP contribution in [0.5, 0.6) is 0 Å². The lowest BCUT2D eigenvalue weighted by Gasteiger charge is -2.08. The van der Waals surface area contributed by atoms with Gasteiger partial charge in [0.15, 0.2) is 0 Å². The summed E-state index contributed by atoms with van der Waals surface area (Å²) in [6.07, 6.45) is 0. The topological polar surface area (TPSA) is 72.5 Å². The highest BCUT2D eigenvalue weighted by Crippen LogP contribution is 2.22. The van der Waals surface area contributed by atoms with Crippen molar-refractivity contribution in [3.05, 3.63) is 28.2 Å². The summed E-state index contributed by atoms with van der Waals surface area (Å²) in [4.78, 5) is 11.0. The smallest absolute Gasteiger partial charge is 0.320 e. The number of ether oxygens (including phenoxy) is 1. The highest BCUT2D eigenvalue weighted by Gasteiger charge is 2.18. The Bertz CT molecular complexity index is 527. The number of esters is 1. The molecule has 0 aliphatic rings. The Morgan fingerprint density at radius 3 is 2.65 bits per heavy atom. The molecule has 94 valence electrons. The third kappa shape index (κ3) is 3.79. The maximum atomic E-state index is 11.8. The number of halogens is 1. The zero-order valence-corrected chi connectivity index (χ0v) is 11.8. The molecule has 0 aliphatic heterocycles. The first-order valence-corrected chi connectivity index (χ1v) is 6.97. The summed E-state index contributed by atoms with van der Waals surface area (Å²) in [7, 11) is -2.52. The summed E-state index contributed by atoms with van der Waals surface area (Å²) in [6.45, 7) is 1.46. The Morgan fingerprint density at radius 2 is 2.12 bits per heavy atom. The maximum absolute atomic E-state index is 11.8. The number of carbonyl (C=O) groups excluding carboxylic acids is 1. The second kappa shape index (κ2) is 5.61. The van der Waals surface area contributed by atoms with Crippen molar-refractivity contribution in [2.45, 2.75) is 11.8 Å². The lowest BCUT2D eigenvalue weighted by Crippen LogP contribution is -2.30. The molecule has 7 heteroatoms. The van der Waals surface area contributed by atoms with Gasteiger partial charge in [0.05, 0.1) is 12.0 Å². The molecule has 0 radical (unpaired) electrons. The van der Waals surface area contributed by atoms with Crippen LogP contribution in [0.3, 0.4) is 0 Å². The van der Waals surface area contributed by atoms with Crippen LogP contribution in [-0.2, 0) is 19.6 Å². The van der Waals surface area contributed by atoms with Crippen LogP contribution in [-0.4, -0.2) is 28.0 Å². The van der Waals surface area contributed by atoms with Gasteiger partial charge in [0, 0.05) is 4.47 Å². The number of sulfonamides is 1. The van der Waals surface area contributed by atoms with E-state index in [-0.39, 0.29) is 11.4 Å². The zero-order valence-electron chi connectivity index (χ0n) is 9.36. The molecule has 0 saturated carbocycles. The molecule has 0 spiro atoms. The van der Waals surface area contributed by atoms with E-state index in [2.05, 4.69) is 25.4 Å². The predicted octanol–water partition coefficient (Wildman–Crippen LogP) is 1.21. The monoisotopic (exact) mass is 321 g/mol. The van der Waals surface area contributed by atoms with E-state index in [0.717, 1.165) is 5.56 Å². The molecular formula is C10H12BrNO4S. The number of hydrogen-bond acceptors (Lipinski definition) is 4. The number of methoxy groups -OCH3 is 1. The average Bonchev–Trinajstić information content (AvgIpc) is 2.25. The summed E-state index contributed by atoms with van der Waals surface area (Å²) in [6, 6.07) is 4.84. The Hall–Kier alpha value is -0.920. The van der Waals surface area contributed by atoms with Crippen molar-refractivity contribution in [2.24, 2.45) is 0 Å². The van der Waals surface area contributed by atoms with Crippen LogP contribution in [0.2, 0.25) is 0 Å². The molecule has 0 bridgehead atoms. The minimum Gasteiger partial charge on any atom is -0.468 e. The minimum absolute atomic E-state index is 0.0898. The van der Waals surface area contributed by atoms with E-state index in [1.807, 2.05) is 6.92 Å². The SMILES string of the molecule is COC(=O)CNS(=O)(=O)c1ccc(C)cc1Br. The molecule has 0 aromatic heterocycles. The van der Waals surface area contributed by atoms with E-state index in [0.29, 0.717) is 4.47 Å². The van der Waals surface area contributed by atoms with Crippen LogP contribution in [0.25, 0.3) is 0 Å². The van der Waals surface area contributed by atoms with Gasteiger partial charge >= 0.3 is 5.97 Å². The Balaban J connectivity index is 2.94. The van der Waals surface area contributed by atoms with Gasteiger partial charge in [0.1, 0.15) is 6.54 Å². The predicted molar refractivity (Wildman–Crippen MR) is 66.1 cm³/mol. The number of carbonyl (C=O) groups is 1. The quantitative estimate of drug-likeness (QED) is 0.846. The first kappa shape index (κ1) is 14.1. The number of benzene rings is 1. The molecule has 1 N–H and O–H groups in total. The van der Waals surface area contributed by atoms with Gasteiger partial charge in [0.25, 0.3) is 0 Å². The zero-order chi connectivity index (χ0) is 13.1. The highest BCUT2D eigenvalue weighted by atomic mass is 79.9. The van der Waals surface area contributed by atoms with Crippen molar-refractivity contribution in [3.8, 4) is 0 Å². The third-order valence-corrected chi connectivity index (χ3v) is 4.39. The Morgan fingerprint density at radius 1 is 1.47 bits per heavy atom. The third-order valence-electron chi connectivity index (χ3n) is 2.01. The summed E-state index contributed by atoms with van der Waals surface area (Å²) < 4.78 is 30.6. The molecule has 1 aromatic rings. The van der Waals surface area contributed by atoms with Crippen molar-refractivity contribution in [2.75, 3.05) is 13.7 Å². The van der Waals surface area contributed by atoms with Crippen molar-refractivity contribution in [1.82, 2.24) is 4.72 Å². The van der Waals surface area contributed by atoms with E-state index in [1.165, 1.54) is 13.2 Å². The van der Waals surface area contributed by atoms with Crippen LogP contribution in [0.1, 0.15) is 5.56 Å². The highest BCUT2D eigenvalue weighted by molar-refractivity contribution is 9.10. The fourth-order valence-electron chi connectivity index (χ4n) is 1.13. The fourth-order valence-corrected chi connectivity index (χ4v) is 3.29. The summed E-state index contributed by atoms with van der Waals surface area (Å²) in [5.74, 6) is -0.642. The maximum Gasteiger partial charge on any atom is 0.320 e. The van der Waals surface area contributed by atoms with Gasteiger partial charge in [-0.15, -0.1) is 0 Å². The van der Waals surface area contributed by atoms with Crippen LogP contribution < -0.4 is 4.72 Å². The van der Waals surface area contributed by atoms with Gasteiger partial charge in [-0.1, -0.05) is 6.07 Å². The molecule has 1 aromatic carbocycles. The Kier molecular flexibility index (Phi) is 4.67. The molecule has 0 saturated heterocycles. The standard InChI is InChI=1S/C10H12BrNO4S/c1-7-3-4-9(8(11)5-7)17(14,15)12-6-10(13)16-2/h3-5,12H,6H2,1-2H3. The summed E-state index contributed by atoms with van der Waals surface area (Å²) in [5.41, 5.74) is 0.934. The number of nitrogens with one attached hydrogen (secondary N) is 1. The second-order valence-corrected chi connectivity index (χ2v) is 5.92. The molecule has 0 aliphatic carbocycles. The molecule has 0 heterocycles. The Labute approximate surface area is 108 Å². The van der Waals surface area contributed by atoms with Crippen LogP contribution >= 0.6 is 15.9 Å². The van der Waals surface area contributed by atoms with Crippen molar-refractivity contribution in [1.29, 1.82) is 0 Å². The van der Waals surface area contributed by atoms with Crippen LogP contribution in [0.4, 0.5) is 0 Å². The number of hydrogen-bond donors (Lipinski definition) is 1. The average molecular weight is 322 g/mol. The van der Waals surface area contributed by atoms with Gasteiger partial charge in [-0.2, -0.15) is 4.72 Å². The fraction of sp³-hybridized carbons (Fsp3) is 0.300. The van der Waals surface area contributed by atoms with E-state index in [9.17, 15) is 13.2 Å². The van der Waals surface area contributed by atoms with E-state index in [4.69, 9.17) is 0 Å². The van der Waals surface area contributed by atoms with Gasteiger partial charge in [0.2, 0.25) is 10.0 Å². The number of rotatable bonds is 4. The molecule has 1 rings (SSSR count). The van der Waals surface area contributed by atoms with E-state index >= 15 is 0 Å². The van der Waals surface area contributed by atoms with Gasteiger partial charge in [-0.25, -0.2) is 8.42 Å². The van der Waals surface area contributed by atoms with Crippen LogP contribution in [0.15, 0.2) is 27.6 Å². The largest absolute Gasteiger partial charge is 0.468 e.